The molecule has 3 heteroatoms. The monoisotopic (exact) mass is 134 g/mol. The van der Waals surface area contributed by atoms with Crippen molar-refractivity contribution >= 4 is 5.82 Å². The highest BCUT2D eigenvalue weighted by Crippen LogP contribution is 2.18. The minimum atomic E-state index is 0.949. The van der Waals surface area contributed by atoms with E-state index < -0.39 is 0 Å². The van der Waals surface area contributed by atoms with E-state index in [1.54, 1.807) is 6.20 Å². The molecule has 0 saturated carbocycles. The van der Waals surface area contributed by atoms with E-state index in [4.69, 9.17) is 0 Å². The third-order valence-corrected chi connectivity index (χ3v) is 1.70. The van der Waals surface area contributed by atoms with Crippen molar-refractivity contribution in [1.29, 1.82) is 0 Å². The quantitative estimate of drug-likeness (QED) is 0.562. The van der Waals surface area contributed by atoms with Crippen molar-refractivity contribution in [2.45, 2.75) is 6.54 Å². The fraction of sp³-hybridized carbons (Fsp3) is 0.286. The van der Waals surface area contributed by atoms with Gasteiger partial charge in [-0.15, -0.1) is 0 Å². The molecule has 0 unspecified atom stereocenters. The van der Waals surface area contributed by atoms with Crippen LogP contribution in [0.5, 0.6) is 0 Å². The van der Waals surface area contributed by atoms with Gasteiger partial charge < -0.3 is 4.90 Å². The van der Waals surface area contributed by atoms with Crippen LogP contribution in [0.2, 0.25) is 0 Å². The molecule has 1 radical (unpaired) electrons. The van der Waals surface area contributed by atoms with Gasteiger partial charge in [-0.25, -0.2) is 4.68 Å². The van der Waals surface area contributed by atoms with Crippen LogP contribution in [0.15, 0.2) is 18.8 Å². The fourth-order valence-corrected chi connectivity index (χ4v) is 1.20. The standard InChI is InChI=1S/C7H8N3/c1-2-9-5-6-10-7(9)3-4-8-10/h3-4H,1,5-6H2. The summed E-state index contributed by atoms with van der Waals surface area (Å²) in [7, 11) is 0. The van der Waals surface area contributed by atoms with Gasteiger partial charge >= 0.3 is 0 Å². The fourth-order valence-electron chi connectivity index (χ4n) is 1.20. The molecule has 0 bridgehead atoms. The third kappa shape index (κ3) is 0.572. The van der Waals surface area contributed by atoms with E-state index in [9.17, 15) is 0 Å². The lowest BCUT2D eigenvalue weighted by molar-refractivity contribution is 0.692. The number of fused-ring (bicyclic) bond motifs is 1. The highest BCUT2D eigenvalue weighted by atomic mass is 15.4. The van der Waals surface area contributed by atoms with Crippen LogP contribution in [0.1, 0.15) is 0 Å². The van der Waals surface area contributed by atoms with Crippen LogP contribution in [0.3, 0.4) is 0 Å². The maximum atomic E-state index is 4.10. The van der Waals surface area contributed by atoms with Gasteiger partial charge in [0.15, 0.2) is 0 Å². The van der Waals surface area contributed by atoms with Crippen LogP contribution >= 0.6 is 0 Å². The number of hydrogen-bond acceptors (Lipinski definition) is 2. The van der Waals surface area contributed by atoms with Gasteiger partial charge in [0, 0.05) is 12.6 Å². The van der Waals surface area contributed by atoms with Crippen molar-refractivity contribution < 1.29 is 0 Å². The molecule has 0 aromatic carbocycles. The Balaban J connectivity index is 2.43. The summed E-state index contributed by atoms with van der Waals surface area (Å²) in [4.78, 5) is 1.97. The molecule has 0 amide bonds. The largest absolute Gasteiger partial charge is 0.323 e. The molecular weight excluding hydrogens is 126 g/mol. The SMILES string of the molecule is C=[C]N1CCn2nccc21. The van der Waals surface area contributed by atoms with E-state index in [2.05, 4.69) is 17.9 Å². The van der Waals surface area contributed by atoms with Gasteiger partial charge in [0.1, 0.15) is 5.82 Å². The molecule has 1 aliphatic heterocycles. The molecule has 1 aromatic heterocycles. The Kier molecular flexibility index (Phi) is 1.03. The average Bonchev–Trinajstić information content (AvgIpc) is 2.44. The van der Waals surface area contributed by atoms with E-state index in [-0.39, 0.29) is 0 Å². The summed E-state index contributed by atoms with van der Waals surface area (Å²) in [6.45, 7) is 5.48. The number of rotatable bonds is 1. The Bertz CT molecular complexity index is 251. The zero-order valence-corrected chi connectivity index (χ0v) is 5.62. The van der Waals surface area contributed by atoms with Crippen LogP contribution < -0.4 is 4.90 Å². The van der Waals surface area contributed by atoms with E-state index in [0.717, 1.165) is 18.9 Å². The second kappa shape index (κ2) is 1.87. The molecule has 0 fully saturated rings. The first-order chi connectivity index (χ1) is 4.92. The molecule has 1 aliphatic rings. The van der Waals surface area contributed by atoms with E-state index in [1.807, 2.05) is 15.6 Å². The summed E-state index contributed by atoms with van der Waals surface area (Å²) in [6, 6.07) is 1.96. The van der Waals surface area contributed by atoms with Crippen molar-refractivity contribution in [3.63, 3.8) is 0 Å². The van der Waals surface area contributed by atoms with Gasteiger partial charge in [-0.1, -0.05) is 6.58 Å². The first-order valence-corrected chi connectivity index (χ1v) is 3.24. The van der Waals surface area contributed by atoms with E-state index >= 15 is 0 Å². The number of hydrogen-bond donors (Lipinski definition) is 0. The summed E-state index contributed by atoms with van der Waals surface area (Å²) in [5, 5.41) is 4.10. The van der Waals surface area contributed by atoms with Crippen molar-refractivity contribution in [2.75, 3.05) is 11.4 Å². The second-order valence-corrected chi connectivity index (χ2v) is 2.22. The Morgan fingerprint density at radius 2 is 2.50 bits per heavy atom. The second-order valence-electron chi connectivity index (χ2n) is 2.22. The molecule has 2 heterocycles. The van der Waals surface area contributed by atoms with Gasteiger partial charge in [-0.05, 0) is 0 Å². The maximum Gasteiger partial charge on any atom is 0.131 e. The third-order valence-electron chi connectivity index (χ3n) is 1.70. The van der Waals surface area contributed by atoms with Crippen molar-refractivity contribution in [3.8, 4) is 0 Å². The number of aromatic nitrogens is 2. The van der Waals surface area contributed by atoms with Crippen molar-refractivity contribution in [3.05, 3.63) is 25.0 Å². The van der Waals surface area contributed by atoms with Crippen molar-refractivity contribution in [2.24, 2.45) is 0 Å². The molecule has 0 atom stereocenters. The average molecular weight is 134 g/mol. The summed E-state index contributed by atoms with van der Waals surface area (Å²) in [6.07, 6.45) is 4.62. The molecule has 51 valence electrons. The van der Waals surface area contributed by atoms with Crippen LogP contribution in [0.4, 0.5) is 5.82 Å². The normalized spacial score (nSPS) is 15.4. The Morgan fingerprint density at radius 3 is 3.30 bits per heavy atom. The Morgan fingerprint density at radius 1 is 1.60 bits per heavy atom. The van der Waals surface area contributed by atoms with Crippen LogP contribution in [-0.2, 0) is 6.54 Å². The molecule has 0 saturated heterocycles. The summed E-state index contributed by atoms with van der Waals surface area (Å²) in [5.74, 6) is 1.09. The zero-order chi connectivity index (χ0) is 6.97. The Labute approximate surface area is 59.6 Å². The van der Waals surface area contributed by atoms with Crippen LogP contribution in [0, 0.1) is 6.20 Å². The van der Waals surface area contributed by atoms with Crippen LogP contribution in [-0.4, -0.2) is 16.3 Å². The molecule has 0 N–H and O–H groups in total. The molecule has 10 heavy (non-hydrogen) atoms. The molecular formula is C7H8N3. The lowest BCUT2D eigenvalue weighted by atomic mass is 10.5. The molecule has 2 rings (SSSR count). The minimum absolute atomic E-state index is 0.949. The Hall–Kier alpha value is -1.25. The predicted molar refractivity (Wildman–Crippen MR) is 38.4 cm³/mol. The first kappa shape index (κ1) is 5.53. The van der Waals surface area contributed by atoms with Gasteiger partial charge in [-0.3, -0.25) is 0 Å². The first-order valence-electron chi connectivity index (χ1n) is 3.24. The summed E-state index contributed by atoms with van der Waals surface area (Å²) in [5.41, 5.74) is 0. The lowest BCUT2D eigenvalue weighted by Gasteiger charge is -2.06. The number of nitrogens with zero attached hydrogens (tertiary/aromatic N) is 3. The molecule has 0 spiro atoms. The highest BCUT2D eigenvalue weighted by Gasteiger charge is 2.15. The maximum absolute atomic E-state index is 4.10. The molecule has 1 aromatic rings. The van der Waals surface area contributed by atoms with E-state index in [0.29, 0.717) is 0 Å². The van der Waals surface area contributed by atoms with Gasteiger partial charge in [-0.2, -0.15) is 5.10 Å². The summed E-state index contributed by atoms with van der Waals surface area (Å²) < 4.78 is 1.94. The zero-order valence-electron chi connectivity index (χ0n) is 5.62. The summed E-state index contributed by atoms with van der Waals surface area (Å²) >= 11 is 0. The topological polar surface area (TPSA) is 21.1 Å². The number of anilines is 1. The van der Waals surface area contributed by atoms with Gasteiger partial charge in [0.25, 0.3) is 0 Å². The van der Waals surface area contributed by atoms with Gasteiger partial charge in [0.2, 0.25) is 0 Å². The molecule has 3 nitrogen and oxygen atoms in total. The smallest absolute Gasteiger partial charge is 0.131 e. The van der Waals surface area contributed by atoms with E-state index in [1.165, 1.54) is 0 Å². The van der Waals surface area contributed by atoms with Crippen LogP contribution in [0.25, 0.3) is 0 Å². The lowest BCUT2D eigenvalue weighted by Crippen LogP contribution is -2.11. The van der Waals surface area contributed by atoms with Gasteiger partial charge in [0.05, 0.1) is 18.9 Å². The highest BCUT2D eigenvalue weighted by molar-refractivity contribution is 5.42. The minimum Gasteiger partial charge on any atom is -0.323 e. The molecule has 0 aliphatic carbocycles. The van der Waals surface area contributed by atoms with Crippen molar-refractivity contribution in [1.82, 2.24) is 9.78 Å². The predicted octanol–water partition coefficient (Wildman–Crippen LogP) is 0.650.